The van der Waals surface area contributed by atoms with Crippen molar-refractivity contribution in [1.29, 1.82) is 0 Å². The minimum atomic E-state index is -0.526. The molecule has 4 N–H and O–H groups in total. The van der Waals surface area contributed by atoms with Crippen LogP contribution in [0, 0.1) is 0 Å². The quantitative estimate of drug-likeness (QED) is 0.232. The van der Waals surface area contributed by atoms with Gasteiger partial charge in [0.05, 0.1) is 11.6 Å². The van der Waals surface area contributed by atoms with Gasteiger partial charge < -0.3 is 26.2 Å². The lowest BCUT2D eigenvalue weighted by molar-refractivity contribution is -0.122. The van der Waals surface area contributed by atoms with E-state index in [1.165, 1.54) is 0 Å². The van der Waals surface area contributed by atoms with Crippen molar-refractivity contribution in [3.05, 3.63) is 101 Å². The molecule has 1 heterocycles. The summed E-state index contributed by atoms with van der Waals surface area (Å²) in [4.78, 5) is 43.4. The van der Waals surface area contributed by atoms with Crippen molar-refractivity contribution in [2.75, 3.05) is 57.7 Å². The monoisotopic (exact) mass is 553 g/mol. The molecule has 8 heteroatoms. The summed E-state index contributed by atoms with van der Waals surface area (Å²) in [6, 6.07) is 21.8. The summed E-state index contributed by atoms with van der Waals surface area (Å²) in [5, 5.41) is 6.39. The van der Waals surface area contributed by atoms with Crippen molar-refractivity contribution in [3.8, 4) is 0 Å². The van der Waals surface area contributed by atoms with Crippen LogP contribution < -0.4 is 16.4 Å². The second-order valence-electron chi connectivity index (χ2n) is 10.8. The van der Waals surface area contributed by atoms with Gasteiger partial charge in [0.1, 0.15) is 0 Å². The van der Waals surface area contributed by atoms with Crippen LogP contribution in [0.2, 0.25) is 0 Å². The second-order valence-corrected chi connectivity index (χ2v) is 10.8. The number of carbonyl (C=O) groups excluding carboxylic acids is 3. The lowest BCUT2D eigenvalue weighted by Crippen LogP contribution is -2.47. The summed E-state index contributed by atoms with van der Waals surface area (Å²) in [5.74, 6) is -0.279. The van der Waals surface area contributed by atoms with Gasteiger partial charge in [-0.3, -0.25) is 14.4 Å². The molecule has 1 aliphatic carbocycles. The van der Waals surface area contributed by atoms with E-state index < -0.39 is 6.04 Å². The first kappa shape index (κ1) is 28.7. The fraction of sp³-hybridized carbons (Fsp3) is 0.364. The maximum Gasteiger partial charge on any atom is 0.237 e. The Balaban J connectivity index is 0.979. The zero-order valence-electron chi connectivity index (χ0n) is 23.5. The fourth-order valence-electron chi connectivity index (χ4n) is 5.66. The van der Waals surface area contributed by atoms with Crippen molar-refractivity contribution in [3.63, 3.8) is 0 Å². The molecule has 0 unspecified atom stereocenters. The van der Waals surface area contributed by atoms with Crippen molar-refractivity contribution < 1.29 is 14.4 Å². The van der Waals surface area contributed by atoms with Crippen LogP contribution in [0.1, 0.15) is 50.2 Å². The Hall–Kier alpha value is -3.85. The molecule has 3 aromatic carbocycles. The first-order valence-electron chi connectivity index (χ1n) is 14.6. The number of ketones is 2. The summed E-state index contributed by atoms with van der Waals surface area (Å²) in [6.45, 7) is 7.34. The number of carbonyl (C=O) groups is 3. The maximum atomic E-state index is 13.2. The Morgan fingerprint density at radius 1 is 0.732 bits per heavy atom. The number of amides is 1. The molecule has 0 radical (unpaired) electrons. The first-order valence-corrected chi connectivity index (χ1v) is 14.6. The molecule has 1 amide bonds. The average molecular weight is 554 g/mol. The maximum absolute atomic E-state index is 13.2. The summed E-state index contributed by atoms with van der Waals surface area (Å²) in [7, 11) is 0. The number of hydrogen-bond donors (Lipinski definition) is 3. The number of nitrogens with two attached hydrogens (primary N) is 1. The van der Waals surface area contributed by atoms with Gasteiger partial charge in [-0.05, 0) is 44.0 Å². The number of anilines is 1. The van der Waals surface area contributed by atoms with Gasteiger partial charge in [0.25, 0.3) is 0 Å². The second kappa shape index (κ2) is 13.7. The molecule has 5 rings (SSSR count). The highest BCUT2D eigenvalue weighted by molar-refractivity contribution is 6.30. The molecular formula is C33H39N5O3. The molecule has 1 fully saturated rings. The summed E-state index contributed by atoms with van der Waals surface area (Å²) < 4.78 is 0. The summed E-state index contributed by atoms with van der Waals surface area (Å²) in [5.41, 5.74) is 9.79. The molecule has 0 bridgehead atoms. The predicted octanol–water partition coefficient (Wildman–Crippen LogP) is 2.96. The molecule has 214 valence electrons. The third kappa shape index (κ3) is 7.08. The molecule has 1 atom stereocenters. The predicted molar refractivity (Wildman–Crippen MR) is 161 cm³/mol. The molecule has 0 spiro atoms. The number of nitrogens with zero attached hydrogens (tertiary/aromatic N) is 2. The molecule has 2 aliphatic rings. The van der Waals surface area contributed by atoms with Gasteiger partial charge in [-0.25, -0.2) is 0 Å². The molecule has 0 saturated carbocycles. The van der Waals surface area contributed by atoms with E-state index in [9.17, 15) is 14.4 Å². The van der Waals surface area contributed by atoms with E-state index in [4.69, 9.17) is 5.73 Å². The smallest absolute Gasteiger partial charge is 0.237 e. The first-order chi connectivity index (χ1) is 20.0. The normalized spacial score (nSPS) is 16.1. The van der Waals surface area contributed by atoms with E-state index in [0.29, 0.717) is 35.2 Å². The Labute approximate surface area is 241 Å². The molecule has 8 nitrogen and oxygen atoms in total. The van der Waals surface area contributed by atoms with Gasteiger partial charge in [-0.15, -0.1) is 0 Å². The number of rotatable bonds is 12. The molecule has 0 aromatic heterocycles. The van der Waals surface area contributed by atoms with E-state index in [1.807, 2.05) is 42.5 Å². The standard InChI is InChI=1S/C33H39N5O3/c34-28(23-24-9-2-1-3-10-24)33(41)36-16-8-18-38-21-19-37(20-22-38)17-7-15-35-29-14-6-13-27-30(29)32(40)26-12-5-4-11-25(26)31(27)39/h1-6,9-14,28,35H,7-8,15-23,34H2,(H,36,41)/t28-/m0/s1. The van der Waals surface area contributed by atoms with Gasteiger partial charge in [-0.1, -0.05) is 66.7 Å². The van der Waals surface area contributed by atoms with Gasteiger partial charge >= 0.3 is 0 Å². The third-order valence-corrected chi connectivity index (χ3v) is 7.97. The summed E-state index contributed by atoms with van der Waals surface area (Å²) in [6.07, 6.45) is 2.39. The van der Waals surface area contributed by atoms with Gasteiger partial charge in [-0.2, -0.15) is 0 Å². The summed E-state index contributed by atoms with van der Waals surface area (Å²) >= 11 is 0. The van der Waals surface area contributed by atoms with Crippen LogP contribution in [0.15, 0.2) is 72.8 Å². The number of hydrogen-bond acceptors (Lipinski definition) is 7. The Morgan fingerprint density at radius 3 is 2.00 bits per heavy atom. The highest BCUT2D eigenvalue weighted by Gasteiger charge is 2.31. The van der Waals surface area contributed by atoms with Crippen LogP contribution in [0.4, 0.5) is 5.69 Å². The number of nitrogens with one attached hydrogen (secondary N) is 2. The van der Waals surface area contributed by atoms with Crippen LogP contribution in [0.25, 0.3) is 0 Å². The van der Waals surface area contributed by atoms with E-state index in [-0.39, 0.29) is 17.5 Å². The van der Waals surface area contributed by atoms with Crippen LogP contribution >= 0.6 is 0 Å². The van der Waals surface area contributed by atoms with Crippen molar-refractivity contribution in [1.82, 2.24) is 15.1 Å². The van der Waals surface area contributed by atoms with Crippen LogP contribution in [0.3, 0.4) is 0 Å². The largest absolute Gasteiger partial charge is 0.384 e. The minimum absolute atomic E-state index is 0.0919. The van der Waals surface area contributed by atoms with E-state index in [2.05, 4.69) is 20.4 Å². The number of piperazine rings is 1. The van der Waals surface area contributed by atoms with Crippen LogP contribution in [-0.4, -0.2) is 85.7 Å². The SMILES string of the molecule is N[C@@H](Cc1ccccc1)C(=O)NCCCN1CCN(CCCNc2cccc3c2C(=O)c2ccccc2C3=O)CC1. The third-order valence-electron chi connectivity index (χ3n) is 7.97. The van der Waals surface area contributed by atoms with Crippen molar-refractivity contribution >= 4 is 23.2 Å². The molecule has 1 saturated heterocycles. The van der Waals surface area contributed by atoms with Gasteiger partial charge in [0.15, 0.2) is 11.6 Å². The molecular weight excluding hydrogens is 514 g/mol. The van der Waals surface area contributed by atoms with E-state index in [0.717, 1.165) is 69.9 Å². The van der Waals surface area contributed by atoms with E-state index >= 15 is 0 Å². The lowest BCUT2D eigenvalue weighted by atomic mass is 9.83. The Kier molecular flexibility index (Phi) is 9.56. The zero-order valence-corrected chi connectivity index (χ0v) is 23.5. The number of benzene rings is 3. The van der Waals surface area contributed by atoms with Crippen molar-refractivity contribution in [2.45, 2.75) is 25.3 Å². The Bertz CT molecular complexity index is 1370. The fourth-order valence-corrected chi connectivity index (χ4v) is 5.66. The highest BCUT2D eigenvalue weighted by atomic mass is 16.2. The molecule has 41 heavy (non-hydrogen) atoms. The average Bonchev–Trinajstić information content (AvgIpc) is 3.01. The zero-order chi connectivity index (χ0) is 28.6. The van der Waals surface area contributed by atoms with Crippen molar-refractivity contribution in [2.24, 2.45) is 5.73 Å². The molecule has 1 aliphatic heterocycles. The van der Waals surface area contributed by atoms with Gasteiger partial charge in [0, 0.05) is 61.6 Å². The van der Waals surface area contributed by atoms with Crippen LogP contribution in [-0.2, 0) is 11.2 Å². The molecule has 3 aromatic rings. The minimum Gasteiger partial charge on any atom is -0.384 e. The Morgan fingerprint density at radius 2 is 1.32 bits per heavy atom. The highest BCUT2D eigenvalue weighted by Crippen LogP contribution is 2.31. The van der Waals surface area contributed by atoms with Gasteiger partial charge in [0.2, 0.25) is 5.91 Å². The van der Waals surface area contributed by atoms with E-state index in [1.54, 1.807) is 30.3 Å². The lowest BCUT2D eigenvalue weighted by Gasteiger charge is -2.34. The topological polar surface area (TPSA) is 108 Å². The van der Waals surface area contributed by atoms with Crippen LogP contribution in [0.5, 0.6) is 0 Å². The number of fused-ring (bicyclic) bond motifs is 2.